The minimum Gasteiger partial charge on any atom is -0.313 e. The SMILES string of the molecule is Clc1ccccc1CNCCCc1ncn[nH]1. The molecule has 0 atom stereocenters. The third-order valence-electron chi connectivity index (χ3n) is 2.51. The lowest BCUT2D eigenvalue weighted by Gasteiger charge is -2.05. The molecule has 0 aliphatic heterocycles. The van der Waals surface area contributed by atoms with E-state index in [2.05, 4.69) is 20.5 Å². The Bertz CT molecular complexity index is 442. The molecule has 4 nitrogen and oxygen atoms in total. The zero-order chi connectivity index (χ0) is 11.9. The summed E-state index contributed by atoms with van der Waals surface area (Å²) in [5, 5.41) is 10.8. The van der Waals surface area contributed by atoms with Crippen molar-refractivity contribution in [2.24, 2.45) is 0 Å². The minimum atomic E-state index is 0.802. The summed E-state index contributed by atoms with van der Waals surface area (Å²) >= 11 is 6.06. The molecule has 90 valence electrons. The summed E-state index contributed by atoms with van der Waals surface area (Å²) in [4.78, 5) is 4.07. The predicted octanol–water partition coefficient (Wildman–Crippen LogP) is 2.18. The van der Waals surface area contributed by atoms with Crippen molar-refractivity contribution in [3.8, 4) is 0 Å². The Morgan fingerprint density at radius 3 is 2.94 bits per heavy atom. The second kappa shape index (κ2) is 6.37. The summed E-state index contributed by atoms with van der Waals surface area (Å²) in [6.07, 6.45) is 3.47. The van der Waals surface area contributed by atoms with Crippen LogP contribution in [-0.4, -0.2) is 21.7 Å². The Morgan fingerprint density at radius 1 is 1.29 bits per heavy atom. The van der Waals surface area contributed by atoms with Crippen LogP contribution in [0.1, 0.15) is 17.8 Å². The van der Waals surface area contributed by atoms with Crippen LogP contribution in [0.4, 0.5) is 0 Å². The normalized spacial score (nSPS) is 10.6. The number of hydrogen-bond acceptors (Lipinski definition) is 3. The highest BCUT2D eigenvalue weighted by molar-refractivity contribution is 6.31. The second-order valence-corrected chi connectivity index (χ2v) is 4.21. The molecule has 1 aromatic carbocycles. The van der Waals surface area contributed by atoms with Gasteiger partial charge in [0.15, 0.2) is 0 Å². The first-order valence-electron chi connectivity index (χ1n) is 5.64. The lowest BCUT2D eigenvalue weighted by atomic mass is 10.2. The Balaban J connectivity index is 1.65. The highest BCUT2D eigenvalue weighted by atomic mass is 35.5. The first-order valence-corrected chi connectivity index (χ1v) is 6.02. The molecular weight excluding hydrogens is 236 g/mol. The summed E-state index contributed by atoms with van der Waals surface area (Å²) < 4.78 is 0. The second-order valence-electron chi connectivity index (χ2n) is 3.80. The lowest BCUT2D eigenvalue weighted by molar-refractivity contribution is 0.639. The standard InChI is InChI=1S/C12H15ClN4/c13-11-5-2-1-4-10(11)8-14-7-3-6-12-15-9-16-17-12/h1-2,4-5,9,14H,3,6-8H2,(H,15,16,17). The third-order valence-corrected chi connectivity index (χ3v) is 2.87. The first kappa shape index (κ1) is 12.1. The number of aromatic amines is 1. The Kier molecular flexibility index (Phi) is 4.53. The van der Waals surface area contributed by atoms with Gasteiger partial charge in [-0.15, -0.1) is 0 Å². The van der Waals surface area contributed by atoms with Crippen LogP contribution in [0.5, 0.6) is 0 Å². The van der Waals surface area contributed by atoms with E-state index >= 15 is 0 Å². The molecule has 0 bridgehead atoms. The largest absolute Gasteiger partial charge is 0.313 e. The zero-order valence-corrected chi connectivity index (χ0v) is 10.2. The van der Waals surface area contributed by atoms with E-state index in [1.165, 1.54) is 6.33 Å². The highest BCUT2D eigenvalue weighted by Gasteiger charge is 1.98. The molecule has 0 radical (unpaired) electrons. The van der Waals surface area contributed by atoms with Crippen LogP contribution in [-0.2, 0) is 13.0 Å². The van der Waals surface area contributed by atoms with Crippen LogP contribution < -0.4 is 5.32 Å². The van der Waals surface area contributed by atoms with Gasteiger partial charge >= 0.3 is 0 Å². The van der Waals surface area contributed by atoms with Crippen molar-refractivity contribution in [1.82, 2.24) is 20.5 Å². The maximum atomic E-state index is 6.06. The average Bonchev–Trinajstić information content (AvgIpc) is 2.84. The molecule has 5 heteroatoms. The third kappa shape index (κ3) is 3.84. The van der Waals surface area contributed by atoms with Gasteiger partial charge in [0.05, 0.1) is 0 Å². The van der Waals surface area contributed by atoms with Crippen LogP contribution in [0.15, 0.2) is 30.6 Å². The zero-order valence-electron chi connectivity index (χ0n) is 9.49. The fourth-order valence-electron chi connectivity index (χ4n) is 1.60. The van der Waals surface area contributed by atoms with E-state index in [0.29, 0.717) is 0 Å². The van der Waals surface area contributed by atoms with Gasteiger partial charge in [-0.25, -0.2) is 4.98 Å². The number of rotatable bonds is 6. The van der Waals surface area contributed by atoms with Crippen LogP contribution in [0, 0.1) is 0 Å². The Labute approximate surface area is 105 Å². The van der Waals surface area contributed by atoms with E-state index in [9.17, 15) is 0 Å². The van der Waals surface area contributed by atoms with Gasteiger partial charge in [0, 0.05) is 18.0 Å². The summed E-state index contributed by atoms with van der Waals surface area (Å²) in [6, 6.07) is 7.88. The maximum Gasteiger partial charge on any atom is 0.137 e. The van der Waals surface area contributed by atoms with E-state index < -0.39 is 0 Å². The van der Waals surface area contributed by atoms with E-state index in [0.717, 1.165) is 42.3 Å². The smallest absolute Gasteiger partial charge is 0.137 e. The number of halogens is 1. The van der Waals surface area contributed by atoms with Crippen molar-refractivity contribution in [1.29, 1.82) is 0 Å². The van der Waals surface area contributed by atoms with Gasteiger partial charge in [-0.05, 0) is 24.6 Å². The number of aromatic nitrogens is 3. The molecule has 2 aromatic rings. The molecule has 0 unspecified atom stereocenters. The van der Waals surface area contributed by atoms with E-state index in [-0.39, 0.29) is 0 Å². The van der Waals surface area contributed by atoms with Gasteiger partial charge in [0.2, 0.25) is 0 Å². The van der Waals surface area contributed by atoms with Crippen molar-refractivity contribution < 1.29 is 0 Å². The summed E-state index contributed by atoms with van der Waals surface area (Å²) in [5.41, 5.74) is 1.13. The van der Waals surface area contributed by atoms with Crippen LogP contribution in [0.2, 0.25) is 5.02 Å². The molecular formula is C12H15ClN4. The van der Waals surface area contributed by atoms with Gasteiger partial charge in [-0.1, -0.05) is 29.8 Å². The molecule has 0 aliphatic rings. The maximum absolute atomic E-state index is 6.06. The van der Waals surface area contributed by atoms with Gasteiger partial charge in [-0.3, -0.25) is 5.10 Å². The average molecular weight is 251 g/mol. The lowest BCUT2D eigenvalue weighted by Crippen LogP contribution is -2.15. The molecule has 2 N–H and O–H groups in total. The van der Waals surface area contributed by atoms with Gasteiger partial charge < -0.3 is 5.32 Å². The topological polar surface area (TPSA) is 53.6 Å². The fourth-order valence-corrected chi connectivity index (χ4v) is 1.80. The quantitative estimate of drug-likeness (QED) is 0.773. The van der Waals surface area contributed by atoms with Crippen molar-refractivity contribution >= 4 is 11.6 Å². The van der Waals surface area contributed by atoms with Crippen LogP contribution in [0.3, 0.4) is 0 Å². The van der Waals surface area contributed by atoms with Crippen LogP contribution >= 0.6 is 11.6 Å². The summed E-state index contributed by atoms with van der Waals surface area (Å²) in [6.45, 7) is 1.74. The molecule has 1 aromatic heterocycles. The first-order chi connectivity index (χ1) is 8.36. The van der Waals surface area contributed by atoms with E-state index in [1.807, 2.05) is 24.3 Å². The van der Waals surface area contributed by atoms with Crippen molar-refractivity contribution in [2.45, 2.75) is 19.4 Å². The van der Waals surface area contributed by atoms with Crippen molar-refractivity contribution in [3.05, 3.63) is 47.0 Å². The molecule has 1 heterocycles. The number of aryl methyl sites for hydroxylation is 1. The summed E-state index contributed by atoms with van der Waals surface area (Å²) in [5.74, 6) is 0.935. The molecule has 0 amide bonds. The Morgan fingerprint density at radius 2 is 2.18 bits per heavy atom. The minimum absolute atomic E-state index is 0.802. The molecule has 0 fully saturated rings. The van der Waals surface area contributed by atoms with Gasteiger partial charge in [0.1, 0.15) is 12.2 Å². The van der Waals surface area contributed by atoms with E-state index in [4.69, 9.17) is 11.6 Å². The molecule has 0 saturated heterocycles. The monoisotopic (exact) mass is 250 g/mol. The number of benzene rings is 1. The van der Waals surface area contributed by atoms with Crippen LogP contribution in [0.25, 0.3) is 0 Å². The predicted molar refractivity (Wildman–Crippen MR) is 67.9 cm³/mol. The summed E-state index contributed by atoms with van der Waals surface area (Å²) in [7, 11) is 0. The molecule has 0 spiro atoms. The number of nitrogens with zero attached hydrogens (tertiary/aromatic N) is 2. The Hall–Kier alpha value is -1.39. The van der Waals surface area contributed by atoms with Gasteiger partial charge in [0.25, 0.3) is 0 Å². The molecule has 17 heavy (non-hydrogen) atoms. The van der Waals surface area contributed by atoms with Crippen molar-refractivity contribution in [2.75, 3.05) is 6.54 Å². The molecule has 0 saturated carbocycles. The highest BCUT2D eigenvalue weighted by Crippen LogP contribution is 2.14. The van der Waals surface area contributed by atoms with Crippen molar-refractivity contribution in [3.63, 3.8) is 0 Å². The fraction of sp³-hybridized carbons (Fsp3) is 0.333. The number of hydrogen-bond donors (Lipinski definition) is 2. The number of nitrogens with one attached hydrogen (secondary N) is 2. The number of H-pyrrole nitrogens is 1. The van der Waals surface area contributed by atoms with E-state index in [1.54, 1.807) is 0 Å². The molecule has 2 rings (SSSR count). The van der Waals surface area contributed by atoms with Gasteiger partial charge in [-0.2, -0.15) is 5.10 Å². The molecule has 0 aliphatic carbocycles.